The van der Waals surface area contributed by atoms with Crippen molar-refractivity contribution in [3.05, 3.63) is 79.7 Å². The largest absolute Gasteiger partial charge is 0.490 e. The Morgan fingerprint density at radius 2 is 1.64 bits per heavy atom. The number of ether oxygens (including phenoxy) is 3. The lowest BCUT2D eigenvalue weighted by molar-refractivity contribution is -0.122. The standard InChI is InChI=1S/C32H31Br2N3O7/c1-5-11-43-26-10-9-22(16-27(26)42-6-2)37-31(40)23(30(39)36-32(37)41)13-20-14-24(33)29(25(34)15-20)44-17-28(38)35-21-8-7-18(3)19(4)12-21/h7-10,12-16H,5-6,11,17H2,1-4H3,(H,35,38)(H,36,39,41)/b23-13+. The van der Waals surface area contributed by atoms with E-state index in [1.54, 1.807) is 24.3 Å². The molecule has 1 fully saturated rings. The van der Waals surface area contributed by atoms with Crippen LogP contribution in [-0.2, 0) is 14.4 Å². The molecule has 0 radical (unpaired) electrons. The van der Waals surface area contributed by atoms with Crippen LogP contribution in [0.1, 0.15) is 37.0 Å². The summed E-state index contributed by atoms with van der Waals surface area (Å²) in [5.41, 5.74) is 3.26. The molecule has 0 aliphatic carbocycles. The number of carbonyl (C=O) groups is 4. The molecule has 3 aromatic rings. The van der Waals surface area contributed by atoms with E-state index in [1.807, 2.05) is 45.9 Å². The summed E-state index contributed by atoms with van der Waals surface area (Å²) in [6.07, 6.45) is 2.16. The van der Waals surface area contributed by atoms with Crippen molar-refractivity contribution in [2.24, 2.45) is 0 Å². The number of urea groups is 1. The topological polar surface area (TPSA) is 123 Å². The van der Waals surface area contributed by atoms with Gasteiger partial charge >= 0.3 is 6.03 Å². The van der Waals surface area contributed by atoms with Crippen molar-refractivity contribution in [1.29, 1.82) is 0 Å². The van der Waals surface area contributed by atoms with Gasteiger partial charge in [0.1, 0.15) is 11.3 Å². The van der Waals surface area contributed by atoms with Gasteiger partial charge in [0.2, 0.25) is 0 Å². The van der Waals surface area contributed by atoms with E-state index in [2.05, 4.69) is 42.5 Å². The van der Waals surface area contributed by atoms with Gasteiger partial charge in [0, 0.05) is 11.8 Å². The molecular weight excluding hydrogens is 698 g/mol. The maximum Gasteiger partial charge on any atom is 0.335 e. The van der Waals surface area contributed by atoms with E-state index in [1.165, 1.54) is 12.1 Å². The highest BCUT2D eigenvalue weighted by molar-refractivity contribution is 9.11. The second kappa shape index (κ2) is 14.5. The predicted molar refractivity (Wildman–Crippen MR) is 174 cm³/mol. The highest BCUT2D eigenvalue weighted by Crippen LogP contribution is 2.37. The number of aryl methyl sites for hydroxylation is 2. The first kappa shape index (κ1) is 32.7. The van der Waals surface area contributed by atoms with Crippen molar-refractivity contribution in [2.45, 2.75) is 34.1 Å². The van der Waals surface area contributed by atoms with Crippen molar-refractivity contribution in [3.8, 4) is 17.2 Å². The molecule has 2 N–H and O–H groups in total. The van der Waals surface area contributed by atoms with Gasteiger partial charge in [-0.1, -0.05) is 13.0 Å². The minimum atomic E-state index is -0.882. The number of hydrogen-bond acceptors (Lipinski definition) is 7. The Balaban J connectivity index is 1.53. The molecule has 12 heteroatoms. The first-order chi connectivity index (χ1) is 21.0. The van der Waals surface area contributed by atoms with Crippen LogP contribution in [-0.4, -0.2) is 43.6 Å². The van der Waals surface area contributed by atoms with Gasteiger partial charge < -0.3 is 19.5 Å². The molecule has 0 spiro atoms. The SMILES string of the molecule is CCCOc1ccc(N2C(=O)NC(=O)/C(=C\c3cc(Br)c(OCC(=O)Nc4ccc(C)c(C)c4)c(Br)c3)C2=O)cc1OCC. The molecule has 0 aromatic heterocycles. The zero-order chi connectivity index (χ0) is 32.0. The molecule has 0 atom stereocenters. The zero-order valence-corrected chi connectivity index (χ0v) is 27.8. The van der Waals surface area contributed by atoms with E-state index in [0.29, 0.717) is 50.7 Å². The van der Waals surface area contributed by atoms with Gasteiger partial charge in [-0.15, -0.1) is 0 Å². The van der Waals surface area contributed by atoms with E-state index in [-0.39, 0.29) is 23.8 Å². The van der Waals surface area contributed by atoms with Crippen LogP contribution in [0, 0.1) is 13.8 Å². The molecule has 0 saturated carbocycles. The lowest BCUT2D eigenvalue weighted by atomic mass is 10.1. The average Bonchev–Trinajstić information content (AvgIpc) is 2.96. The number of rotatable bonds is 11. The quantitative estimate of drug-likeness (QED) is 0.166. The lowest BCUT2D eigenvalue weighted by Gasteiger charge is -2.27. The van der Waals surface area contributed by atoms with Gasteiger partial charge in [0.05, 0.1) is 27.8 Å². The van der Waals surface area contributed by atoms with E-state index in [0.717, 1.165) is 22.4 Å². The summed E-state index contributed by atoms with van der Waals surface area (Å²) in [4.78, 5) is 52.4. The molecule has 1 saturated heterocycles. The Kier molecular flexibility index (Phi) is 10.8. The van der Waals surface area contributed by atoms with Crippen LogP contribution >= 0.6 is 31.9 Å². The summed E-state index contributed by atoms with van der Waals surface area (Å²) < 4.78 is 18.1. The molecule has 4 rings (SSSR count). The summed E-state index contributed by atoms with van der Waals surface area (Å²) in [6, 6.07) is 12.7. The molecule has 1 aliphatic rings. The fourth-order valence-corrected chi connectivity index (χ4v) is 5.70. The third-order valence-electron chi connectivity index (χ3n) is 6.52. The Morgan fingerprint density at radius 1 is 0.909 bits per heavy atom. The van der Waals surface area contributed by atoms with Crippen LogP contribution < -0.4 is 29.7 Å². The monoisotopic (exact) mass is 727 g/mol. The minimum Gasteiger partial charge on any atom is -0.490 e. The van der Waals surface area contributed by atoms with Crippen LogP contribution in [0.4, 0.5) is 16.2 Å². The summed E-state index contributed by atoms with van der Waals surface area (Å²) in [5.74, 6) is -0.780. The first-order valence-corrected chi connectivity index (χ1v) is 15.4. The summed E-state index contributed by atoms with van der Waals surface area (Å²) in [5, 5.41) is 5.03. The van der Waals surface area contributed by atoms with E-state index in [4.69, 9.17) is 14.2 Å². The fourth-order valence-electron chi connectivity index (χ4n) is 4.25. The molecular formula is C32H31Br2N3O7. The van der Waals surface area contributed by atoms with Crippen molar-refractivity contribution in [3.63, 3.8) is 0 Å². The minimum absolute atomic E-state index is 0.211. The van der Waals surface area contributed by atoms with Crippen LogP contribution in [0.5, 0.6) is 17.2 Å². The van der Waals surface area contributed by atoms with Crippen molar-refractivity contribution >= 4 is 73.1 Å². The van der Waals surface area contributed by atoms with Crippen LogP contribution in [0.15, 0.2) is 63.0 Å². The number of nitrogens with zero attached hydrogens (tertiary/aromatic N) is 1. The fraction of sp³-hybridized carbons (Fsp3) is 0.250. The molecule has 5 amide bonds. The smallest absolute Gasteiger partial charge is 0.335 e. The number of amides is 5. The molecule has 3 aromatic carbocycles. The number of barbiturate groups is 1. The van der Waals surface area contributed by atoms with Crippen molar-refractivity contribution in [2.75, 3.05) is 30.0 Å². The van der Waals surface area contributed by atoms with Crippen LogP contribution in [0.3, 0.4) is 0 Å². The first-order valence-electron chi connectivity index (χ1n) is 13.8. The average molecular weight is 729 g/mol. The third kappa shape index (κ3) is 7.67. The number of imide groups is 2. The van der Waals surface area contributed by atoms with Gasteiger partial charge in [-0.2, -0.15) is 0 Å². The molecule has 230 valence electrons. The van der Waals surface area contributed by atoms with Gasteiger partial charge in [-0.3, -0.25) is 19.7 Å². The number of carbonyl (C=O) groups excluding carboxylic acids is 4. The van der Waals surface area contributed by atoms with E-state index in [9.17, 15) is 19.2 Å². The molecule has 1 aliphatic heterocycles. The number of hydrogen-bond donors (Lipinski definition) is 2. The maximum atomic E-state index is 13.5. The number of halogens is 2. The second-order valence-corrected chi connectivity index (χ2v) is 11.5. The molecule has 1 heterocycles. The Morgan fingerprint density at radius 3 is 2.30 bits per heavy atom. The van der Waals surface area contributed by atoms with E-state index < -0.39 is 17.8 Å². The molecule has 0 bridgehead atoms. The van der Waals surface area contributed by atoms with Gasteiger partial charge in [-0.05, 0) is 118 Å². The Hall–Kier alpha value is -4.16. The van der Waals surface area contributed by atoms with Crippen LogP contribution in [0.2, 0.25) is 0 Å². The predicted octanol–water partition coefficient (Wildman–Crippen LogP) is 6.70. The van der Waals surface area contributed by atoms with Crippen LogP contribution in [0.25, 0.3) is 6.08 Å². The summed E-state index contributed by atoms with van der Waals surface area (Å²) in [7, 11) is 0. The van der Waals surface area contributed by atoms with E-state index >= 15 is 0 Å². The molecule has 44 heavy (non-hydrogen) atoms. The Labute approximate surface area is 272 Å². The summed E-state index contributed by atoms with van der Waals surface area (Å²) in [6.45, 7) is 8.30. The summed E-state index contributed by atoms with van der Waals surface area (Å²) >= 11 is 6.88. The highest BCUT2D eigenvalue weighted by Gasteiger charge is 2.37. The molecule has 0 unspecified atom stereocenters. The molecule has 10 nitrogen and oxygen atoms in total. The number of anilines is 2. The second-order valence-electron chi connectivity index (χ2n) is 9.82. The third-order valence-corrected chi connectivity index (χ3v) is 7.70. The Bertz CT molecular complexity index is 1630. The zero-order valence-electron chi connectivity index (χ0n) is 24.6. The maximum absolute atomic E-state index is 13.5. The lowest BCUT2D eigenvalue weighted by Crippen LogP contribution is -2.54. The van der Waals surface area contributed by atoms with Crippen molar-refractivity contribution < 1.29 is 33.4 Å². The number of benzene rings is 3. The van der Waals surface area contributed by atoms with Gasteiger partial charge in [0.15, 0.2) is 18.1 Å². The normalized spacial score (nSPS) is 14.0. The number of nitrogens with one attached hydrogen (secondary N) is 2. The highest BCUT2D eigenvalue weighted by atomic mass is 79.9. The van der Waals surface area contributed by atoms with Crippen molar-refractivity contribution in [1.82, 2.24) is 5.32 Å². The van der Waals surface area contributed by atoms with Gasteiger partial charge in [0.25, 0.3) is 17.7 Å². The van der Waals surface area contributed by atoms with Gasteiger partial charge in [-0.25, -0.2) is 9.69 Å².